The molecule has 1 aliphatic rings. The zero-order valence-corrected chi connectivity index (χ0v) is 19.2. The molecule has 0 unspecified atom stereocenters. The fourth-order valence-corrected chi connectivity index (χ4v) is 3.62. The minimum absolute atomic E-state index is 0.0602. The number of rotatable bonds is 7. The van der Waals surface area contributed by atoms with Gasteiger partial charge in [-0.15, -0.1) is 0 Å². The summed E-state index contributed by atoms with van der Waals surface area (Å²) in [5.74, 6) is -3.55. The summed E-state index contributed by atoms with van der Waals surface area (Å²) in [7, 11) is 1.35. The fraction of sp³-hybridized carbons (Fsp3) is 0.0952. The van der Waals surface area contributed by atoms with Gasteiger partial charge in [-0.2, -0.15) is 0 Å². The average molecular weight is 535 g/mol. The van der Waals surface area contributed by atoms with Gasteiger partial charge in [0.2, 0.25) is 0 Å². The maximum atomic E-state index is 13.2. The van der Waals surface area contributed by atoms with Crippen LogP contribution >= 0.6 is 28.1 Å². The molecule has 2 aromatic carbocycles. The van der Waals surface area contributed by atoms with Crippen LogP contribution in [0.15, 0.2) is 46.4 Å². The zero-order chi connectivity index (χ0) is 24.3. The summed E-state index contributed by atoms with van der Waals surface area (Å²) < 4.78 is 10.8. The van der Waals surface area contributed by atoms with E-state index in [1.807, 2.05) is 0 Å². The molecule has 2 amide bonds. The highest BCUT2D eigenvalue weighted by molar-refractivity contribution is 9.10. The van der Waals surface area contributed by atoms with Crippen molar-refractivity contribution in [3.8, 4) is 11.5 Å². The molecule has 0 saturated carbocycles. The number of hydrogen-bond donors (Lipinski definition) is 3. The molecule has 12 heteroatoms. The molecule has 0 aliphatic carbocycles. The number of benzene rings is 2. The van der Waals surface area contributed by atoms with E-state index in [2.05, 4.69) is 21.2 Å². The number of anilines is 1. The summed E-state index contributed by atoms with van der Waals surface area (Å²) in [6.07, 6.45) is 1.29. The monoisotopic (exact) mass is 534 g/mol. The van der Waals surface area contributed by atoms with E-state index in [1.54, 1.807) is 0 Å². The molecular formula is C21H15BrN2O8S. The largest absolute Gasteiger partial charge is 0.493 e. The van der Waals surface area contributed by atoms with Crippen LogP contribution in [0.3, 0.4) is 0 Å². The Bertz CT molecular complexity index is 1230. The molecule has 1 heterocycles. The van der Waals surface area contributed by atoms with E-state index < -0.39 is 30.4 Å². The Hall–Kier alpha value is -3.77. The molecule has 1 fully saturated rings. The molecule has 1 aliphatic heterocycles. The van der Waals surface area contributed by atoms with E-state index in [4.69, 9.17) is 26.8 Å². The molecule has 0 bridgehead atoms. The number of amides is 2. The standard InChI is InChI=1S/C21H15BrN2O8S/c1-31-15-7-11(14(22)8-16(15)32-9-17(25)26)6-13-18(27)23-21(33)24(19(13)28)12-4-2-3-10(5-12)20(29)30/h2-8H,9H2,1H3,(H,25,26)(H,29,30)(H,23,27,33)/b13-6-. The van der Waals surface area contributed by atoms with E-state index >= 15 is 0 Å². The van der Waals surface area contributed by atoms with Gasteiger partial charge in [-0.25, -0.2) is 9.59 Å². The van der Waals surface area contributed by atoms with Crippen LogP contribution in [0.25, 0.3) is 6.08 Å². The second kappa shape index (κ2) is 9.79. The average Bonchev–Trinajstić information content (AvgIpc) is 2.76. The predicted octanol–water partition coefficient (Wildman–Crippen LogP) is 2.45. The first kappa shape index (κ1) is 23.9. The molecular weight excluding hydrogens is 520 g/mol. The number of nitrogens with zero attached hydrogens (tertiary/aromatic N) is 1. The number of carbonyl (C=O) groups is 4. The lowest BCUT2D eigenvalue weighted by Crippen LogP contribution is -2.54. The third-order valence-corrected chi connectivity index (χ3v) is 5.36. The number of methoxy groups -OCH3 is 1. The number of carboxylic acid groups (broad SMARTS) is 2. The maximum Gasteiger partial charge on any atom is 0.341 e. The molecule has 0 aromatic heterocycles. The molecule has 33 heavy (non-hydrogen) atoms. The van der Waals surface area contributed by atoms with Crippen LogP contribution < -0.4 is 19.7 Å². The van der Waals surface area contributed by atoms with Gasteiger partial charge >= 0.3 is 11.9 Å². The zero-order valence-electron chi connectivity index (χ0n) is 16.8. The second-order valence-corrected chi connectivity index (χ2v) is 7.76. The van der Waals surface area contributed by atoms with Crippen molar-refractivity contribution in [3.05, 3.63) is 57.6 Å². The van der Waals surface area contributed by atoms with Gasteiger partial charge in [0.25, 0.3) is 11.8 Å². The topological polar surface area (TPSA) is 142 Å². The van der Waals surface area contributed by atoms with E-state index in [0.29, 0.717) is 10.0 Å². The number of ether oxygens (including phenoxy) is 2. The van der Waals surface area contributed by atoms with Crippen molar-refractivity contribution < 1.29 is 38.9 Å². The van der Waals surface area contributed by atoms with Crippen molar-refractivity contribution in [2.45, 2.75) is 0 Å². The Labute approximate surface area is 200 Å². The Morgan fingerprint density at radius 3 is 2.55 bits per heavy atom. The van der Waals surface area contributed by atoms with E-state index in [-0.39, 0.29) is 33.4 Å². The van der Waals surface area contributed by atoms with Crippen molar-refractivity contribution in [1.29, 1.82) is 0 Å². The molecule has 2 aromatic rings. The van der Waals surface area contributed by atoms with Gasteiger partial charge in [-0.1, -0.05) is 22.0 Å². The summed E-state index contributed by atoms with van der Waals surface area (Å²) >= 11 is 8.43. The second-order valence-electron chi connectivity index (χ2n) is 6.52. The molecule has 10 nitrogen and oxygen atoms in total. The van der Waals surface area contributed by atoms with Crippen LogP contribution in [0.1, 0.15) is 15.9 Å². The van der Waals surface area contributed by atoms with Crippen molar-refractivity contribution in [3.63, 3.8) is 0 Å². The summed E-state index contributed by atoms with van der Waals surface area (Å²) in [6.45, 7) is -0.591. The SMILES string of the molecule is COc1cc(/C=C2/C(=O)NC(=S)N(c3cccc(C(=O)O)c3)C2=O)c(Br)cc1OCC(=O)O. The predicted molar refractivity (Wildman–Crippen MR) is 123 cm³/mol. The van der Waals surface area contributed by atoms with Crippen LogP contribution in [0, 0.1) is 0 Å². The van der Waals surface area contributed by atoms with Gasteiger partial charge in [-0.3, -0.25) is 19.8 Å². The number of thiocarbonyl (C=S) groups is 1. The molecule has 0 radical (unpaired) electrons. The van der Waals surface area contributed by atoms with Crippen LogP contribution in [0.5, 0.6) is 11.5 Å². The maximum absolute atomic E-state index is 13.2. The van der Waals surface area contributed by atoms with Crippen LogP contribution in [0.4, 0.5) is 5.69 Å². The van der Waals surface area contributed by atoms with Crippen molar-refractivity contribution in [2.24, 2.45) is 0 Å². The van der Waals surface area contributed by atoms with E-state index in [0.717, 1.165) is 4.90 Å². The number of aliphatic carboxylic acids is 1. The van der Waals surface area contributed by atoms with Gasteiger partial charge < -0.3 is 19.7 Å². The van der Waals surface area contributed by atoms with E-state index in [1.165, 1.54) is 49.6 Å². The molecule has 3 N–H and O–H groups in total. The highest BCUT2D eigenvalue weighted by Crippen LogP contribution is 2.35. The Morgan fingerprint density at radius 2 is 1.91 bits per heavy atom. The Morgan fingerprint density at radius 1 is 1.18 bits per heavy atom. The number of nitrogens with one attached hydrogen (secondary N) is 1. The van der Waals surface area contributed by atoms with Crippen LogP contribution in [-0.2, 0) is 14.4 Å². The first-order valence-corrected chi connectivity index (χ1v) is 10.3. The minimum Gasteiger partial charge on any atom is -0.493 e. The quantitative estimate of drug-likeness (QED) is 0.277. The summed E-state index contributed by atoms with van der Waals surface area (Å²) in [6, 6.07) is 8.45. The normalized spacial score (nSPS) is 14.8. The first-order chi connectivity index (χ1) is 15.6. The lowest BCUT2D eigenvalue weighted by atomic mass is 10.1. The van der Waals surface area contributed by atoms with Crippen LogP contribution in [0.2, 0.25) is 0 Å². The lowest BCUT2D eigenvalue weighted by Gasteiger charge is -2.29. The van der Waals surface area contributed by atoms with Crippen molar-refractivity contribution in [1.82, 2.24) is 5.32 Å². The number of hydrogen-bond acceptors (Lipinski definition) is 7. The summed E-state index contributed by atoms with van der Waals surface area (Å²) in [4.78, 5) is 48.8. The third-order valence-electron chi connectivity index (χ3n) is 4.39. The molecule has 170 valence electrons. The molecule has 0 spiro atoms. The third kappa shape index (κ3) is 5.18. The summed E-state index contributed by atoms with van der Waals surface area (Å²) in [5, 5.41) is 20.2. The van der Waals surface area contributed by atoms with Gasteiger partial charge in [0.15, 0.2) is 23.2 Å². The number of halogens is 1. The summed E-state index contributed by atoms with van der Waals surface area (Å²) in [5.41, 5.74) is 0.200. The molecule has 0 atom stereocenters. The van der Waals surface area contributed by atoms with Crippen molar-refractivity contribution >= 4 is 68.8 Å². The smallest absolute Gasteiger partial charge is 0.341 e. The van der Waals surface area contributed by atoms with Gasteiger partial charge in [0, 0.05) is 4.47 Å². The Balaban J connectivity index is 2.02. The highest BCUT2D eigenvalue weighted by atomic mass is 79.9. The Kier molecular flexibility index (Phi) is 7.09. The van der Waals surface area contributed by atoms with Gasteiger partial charge in [0.05, 0.1) is 18.4 Å². The highest BCUT2D eigenvalue weighted by Gasteiger charge is 2.35. The van der Waals surface area contributed by atoms with Crippen LogP contribution in [-0.4, -0.2) is 52.8 Å². The molecule has 3 rings (SSSR count). The lowest BCUT2D eigenvalue weighted by molar-refractivity contribution is -0.139. The van der Waals surface area contributed by atoms with Gasteiger partial charge in [0.1, 0.15) is 5.57 Å². The number of carbonyl (C=O) groups excluding carboxylic acids is 2. The van der Waals surface area contributed by atoms with Crippen molar-refractivity contribution in [2.75, 3.05) is 18.6 Å². The fourth-order valence-electron chi connectivity index (χ4n) is 2.90. The van der Waals surface area contributed by atoms with Gasteiger partial charge in [-0.05, 0) is 54.2 Å². The first-order valence-electron chi connectivity index (χ1n) is 9.09. The number of aromatic carboxylic acids is 1. The number of carboxylic acids is 2. The minimum atomic E-state index is -1.19. The molecule has 1 saturated heterocycles. The van der Waals surface area contributed by atoms with E-state index in [9.17, 15) is 24.3 Å².